The van der Waals surface area contributed by atoms with Crippen LogP contribution in [0.25, 0.3) is 39.3 Å². The summed E-state index contributed by atoms with van der Waals surface area (Å²) in [6, 6.07) is 6.05. The second kappa shape index (κ2) is 9.36. The SMILES string of the molecule is C=Cc1c(C)c2cc3nc(c4c5nc(cc6[nH]c(cc1[nH]2)c(C)c6CC)C(C)=C5C(=O)OC(=O)C4)C1(C3)CC1CC(=O)O. The Morgan fingerprint density at radius 3 is 2.56 bits per heavy atom. The van der Waals surface area contributed by atoms with E-state index in [1.165, 1.54) is 0 Å². The lowest BCUT2D eigenvalue weighted by Gasteiger charge is -2.12. The molecule has 0 saturated heterocycles. The normalized spacial score (nSPS) is 20.8. The highest BCUT2D eigenvalue weighted by Crippen LogP contribution is 2.60. The quantitative estimate of drug-likeness (QED) is 0.269. The first kappa shape index (κ1) is 27.1. The maximum absolute atomic E-state index is 13.3. The van der Waals surface area contributed by atoms with Gasteiger partial charge in [-0.25, -0.2) is 9.78 Å². The molecule has 3 aliphatic heterocycles. The van der Waals surface area contributed by atoms with Crippen molar-refractivity contribution in [2.45, 2.75) is 65.2 Å². The van der Waals surface area contributed by atoms with Crippen LogP contribution < -0.4 is 0 Å². The number of carboxylic acid groups (broad SMARTS) is 1. The van der Waals surface area contributed by atoms with E-state index in [-0.39, 0.29) is 24.3 Å². The standard InChI is InChI=1S/C34H32N4O5/c1-6-20-15(3)23-9-19-14-34(13-18(34)8-28(39)40)32(35-19)22-10-29(41)43-33(42)30-17(5)25(38-31(22)30)12-27-21(7-2)16(4)24(37-27)11-26(20)36-23/h6,9,11-12,18,36-37H,1,7-8,10,13-14H2,2-5H3,(H,39,40). The summed E-state index contributed by atoms with van der Waals surface area (Å²) in [4.78, 5) is 55.1. The van der Waals surface area contributed by atoms with Crippen molar-refractivity contribution in [2.24, 2.45) is 5.92 Å². The lowest BCUT2D eigenvalue weighted by atomic mass is 9.89. The highest BCUT2D eigenvalue weighted by Gasteiger charge is 2.60. The number of aromatic amines is 2. The number of ether oxygens (including phenoxy) is 1. The highest BCUT2D eigenvalue weighted by atomic mass is 16.6. The van der Waals surface area contributed by atoms with Crippen LogP contribution >= 0.6 is 0 Å². The summed E-state index contributed by atoms with van der Waals surface area (Å²) in [6.45, 7) is 12.1. The number of nitrogens with one attached hydrogen (secondary N) is 2. The number of H-pyrrole nitrogens is 2. The Hall–Kier alpha value is -4.79. The van der Waals surface area contributed by atoms with Crippen molar-refractivity contribution in [1.29, 1.82) is 0 Å². The number of nitrogens with zero attached hydrogens (tertiary/aromatic N) is 2. The van der Waals surface area contributed by atoms with Crippen LogP contribution in [0.2, 0.25) is 0 Å². The first-order chi connectivity index (χ1) is 20.5. The van der Waals surface area contributed by atoms with Crippen LogP contribution in [0.3, 0.4) is 0 Å². The molecule has 1 spiro atoms. The molecule has 6 heterocycles. The Morgan fingerprint density at radius 1 is 1.09 bits per heavy atom. The van der Waals surface area contributed by atoms with E-state index in [2.05, 4.69) is 36.5 Å². The van der Waals surface area contributed by atoms with Gasteiger partial charge in [0.2, 0.25) is 0 Å². The molecule has 9 nitrogen and oxygen atoms in total. The molecule has 3 aromatic heterocycles. The van der Waals surface area contributed by atoms with Gasteiger partial charge >= 0.3 is 17.9 Å². The Kier molecular flexibility index (Phi) is 5.89. The van der Waals surface area contributed by atoms with Gasteiger partial charge in [0.05, 0.1) is 29.1 Å². The van der Waals surface area contributed by atoms with E-state index in [0.717, 1.165) is 56.4 Å². The zero-order valence-corrected chi connectivity index (χ0v) is 24.6. The van der Waals surface area contributed by atoms with Gasteiger partial charge in [0.1, 0.15) is 0 Å². The molecule has 0 amide bonds. The summed E-state index contributed by atoms with van der Waals surface area (Å²) in [5, 5.41) is 9.66. The molecule has 218 valence electrons. The third-order valence-electron chi connectivity index (χ3n) is 9.67. The topological polar surface area (TPSA) is 138 Å². The number of allylic oxidation sites excluding steroid dienone is 1. The molecule has 8 bridgehead atoms. The predicted octanol–water partition coefficient (Wildman–Crippen LogP) is 5.67. The zero-order valence-electron chi connectivity index (χ0n) is 24.6. The van der Waals surface area contributed by atoms with Crippen LogP contribution in [0.15, 0.2) is 24.8 Å². The van der Waals surface area contributed by atoms with E-state index < -0.39 is 23.3 Å². The maximum Gasteiger partial charge on any atom is 0.348 e. The summed E-state index contributed by atoms with van der Waals surface area (Å²) in [5.74, 6) is -2.41. The van der Waals surface area contributed by atoms with Crippen LogP contribution in [0.1, 0.15) is 77.3 Å². The lowest BCUT2D eigenvalue weighted by molar-refractivity contribution is -0.154. The predicted molar refractivity (Wildman–Crippen MR) is 163 cm³/mol. The summed E-state index contributed by atoms with van der Waals surface area (Å²) < 4.78 is 5.24. The first-order valence-electron chi connectivity index (χ1n) is 14.6. The van der Waals surface area contributed by atoms with Gasteiger partial charge in [-0.15, -0.1) is 0 Å². The number of fused-ring (bicyclic) bond motifs is 9. The molecule has 3 aromatic rings. The highest BCUT2D eigenvalue weighted by molar-refractivity contribution is 6.28. The first-order valence-corrected chi connectivity index (χ1v) is 14.6. The molecule has 43 heavy (non-hydrogen) atoms. The minimum absolute atomic E-state index is 0.00234. The number of aromatic nitrogens is 4. The molecule has 0 aromatic carbocycles. The third-order valence-corrected chi connectivity index (χ3v) is 9.67. The van der Waals surface area contributed by atoms with Gasteiger partial charge in [0, 0.05) is 57.1 Å². The monoisotopic (exact) mass is 576 g/mol. The van der Waals surface area contributed by atoms with Gasteiger partial charge in [-0.05, 0) is 80.0 Å². The van der Waals surface area contributed by atoms with E-state index in [9.17, 15) is 19.5 Å². The van der Waals surface area contributed by atoms with Crippen molar-refractivity contribution in [2.75, 3.05) is 0 Å². The minimum Gasteiger partial charge on any atom is -0.481 e. The number of carboxylic acids is 1. The molecule has 7 rings (SSSR count). The fourth-order valence-corrected chi connectivity index (χ4v) is 7.33. The fourth-order valence-electron chi connectivity index (χ4n) is 7.33. The Bertz CT molecular complexity index is 2030. The van der Waals surface area contributed by atoms with Crippen LogP contribution in [0.5, 0.6) is 0 Å². The number of hydrogen-bond acceptors (Lipinski definition) is 6. The second-order valence-corrected chi connectivity index (χ2v) is 12.1. The number of esters is 2. The van der Waals surface area contributed by atoms with Crippen molar-refractivity contribution in [3.63, 3.8) is 0 Å². The van der Waals surface area contributed by atoms with Crippen LogP contribution in [0.4, 0.5) is 0 Å². The molecular weight excluding hydrogens is 544 g/mol. The van der Waals surface area contributed by atoms with Crippen molar-refractivity contribution in [1.82, 2.24) is 19.9 Å². The third kappa shape index (κ3) is 4.01. The molecular formula is C34H32N4O5. The summed E-state index contributed by atoms with van der Waals surface area (Å²) in [5.41, 5.74) is 11.2. The number of aryl methyl sites for hydroxylation is 3. The molecule has 1 aliphatic carbocycles. The number of aliphatic carboxylic acids is 1. The fraction of sp³-hybridized carbons (Fsp3) is 0.324. The van der Waals surface area contributed by atoms with Gasteiger partial charge in [-0.1, -0.05) is 19.6 Å². The van der Waals surface area contributed by atoms with E-state index in [0.29, 0.717) is 41.1 Å². The van der Waals surface area contributed by atoms with Gasteiger partial charge in [-0.3, -0.25) is 14.6 Å². The molecule has 4 aliphatic rings. The summed E-state index contributed by atoms with van der Waals surface area (Å²) >= 11 is 0. The number of cyclic esters (lactones) is 2. The van der Waals surface area contributed by atoms with Crippen LogP contribution in [0, 0.1) is 19.8 Å². The van der Waals surface area contributed by atoms with E-state index in [1.54, 1.807) is 0 Å². The molecule has 0 radical (unpaired) electrons. The number of rotatable bonds is 4. The van der Waals surface area contributed by atoms with Gasteiger partial charge in [0.15, 0.2) is 0 Å². The molecule has 1 fully saturated rings. The summed E-state index contributed by atoms with van der Waals surface area (Å²) in [6.07, 6.45) is 3.61. The second-order valence-electron chi connectivity index (χ2n) is 12.1. The van der Waals surface area contributed by atoms with Gasteiger partial charge < -0.3 is 19.8 Å². The molecule has 3 N–H and O–H groups in total. The molecule has 2 unspecified atom stereocenters. The molecule has 9 heteroatoms. The van der Waals surface area contributed by atoms with Crippen molar-refractivity contribution in [3.8, 4) is 0 Å². The summed E-state index contributed by atoms with van der Waals surface area (Å²) in [7, 11) is 0. The smallest absolute Gasteiger partial charge is 0.348 e. The largest absolute Gasteiger partial charge is 0.481 e. The van der Waals surface area contributed by atoms with E-state index >= 15 is 0 Å². The van der Waals surface area contributed by atoms with Crippen LogP contribution in [-0.4, -0.2) is 43.0 Å². The van der Waals surface area contributed by atoms with Gasteiger partial charge in [0.25, 0.3) is 0 Å². The van der Waals surface area contributed by atoms with Crippen molar-refractivity contribution >= 4 is 57.2 Å². The Labute approximate surface area is 247 Å². The van der Waals surface area contributed by atoms with Crippen molar-refractivity contribution < 1.29 is 24.2 Å². The van der Waals surface area contributed by atoms with E-state index in [4.69, 9.17) is 14.7 Å². The maximum atomic E-state index is 13.3. The Balaban J connectivity index is 1.66. The molecule has 1 saturated carbocycles. The number of carbonyl (C=O) groups excluding carboxylic acids is 2. The average molecular weight is 577 g/mol. The minimum atomic E-state index is -0.875. The van der Waals surface area contributed by atoms with Gasteiger partial charge in [-0.2, -0.15) is 0 Å². The average Bonchev–Trinajstić information content (AvgIpc) is 3.15. The van der Waals surface area contributed by atoms with Crippen LogP contribution in [-0.2, 0) is 43.8 Å². The van der Waals surface area contributed by atoms with Crippen molar-refractivity contribution in [3.05, 3.63) is 75.4 Å². The zero-order chi connectivity index (χ0) is 30.4. The lowest BCUT2D eigenvalue weighted by Crippen LogP contribution is -2.16. The number of carbonyl (C=O) groups is 3. The Morgan fingerprint density at radius 2 is 1.84 bits per heavy atom. The molecule has 2 atom stereocenters. The van der Waals surface area contributed by atoms with E-state index in [1.807, 2.05) is 32.1 Å². The number of hydrogen-bond donors (Lipinski definition) is 3.